The van der Waals surface area contributed by atoms with Gasteiger partial charge >= 0.3 is 6.09 Å². The number of rotatable bonds is 3. The Hall–Kier alpha value is -1.52. The molecular formula is C20H33N3O2. The average molecular weight is 348 g/mol. The van der Waals surface area contributed by atoms with Crippen molar-refractivity contribution in [3.63, 3.8) is 0 Å². The van der Waals surface area contributed by atoms with Crippen LogP contribution in [-0.2, 0) is 17.6 Å². The Morgan fingerprint density at radius 1 is 1.36 bits per heavy atom. The number of nitrogens with one attached hydrogen (secondary N) is 1. The molecule has 0 bridgehead atoms. The molecule has 5 heteroatoms. The lowest BCUT2D eigenvalue weighted by Crippen LogP contribution is -2.42. The van der Waals surface area contributed by atoms with Gasteiger partial charge in [0, 0.05) is 24.7 Å². The van der Waals surface area contributed by atoms with Gasteiger partial charge in [-0.25, -0.2) is 4.79 Å². The van der Waals surface area contributed by atoms with Crippen LogP contribution in [0.2, 0.25) is 0 Å². The minimum atomic E-state index is -0.442. The number of H-pyrrole nitrogens is 1. The fourth-order valence-electron chi connectivity index (χ4n) is 4.28. The van der Waals surface area contributed by atoms with Gasteiger partial charge in [-0.1, -0.05) is 19.8 Å². The third kappa shape index (κ3) is 4.36. The largest absolute Gasteiger partial charge is 0.444 e. The van der Waals surface area contributed by atoms with Crippen molar-refractivity contribution in [1.82, 2.24) is 15.1 Å². The fraction of sp³-hybridized carbons (Fsp3) is 0.800. The van der Waals surface area contributed by atoms with Crippen LogP contribution >= 0.6 is 0 Å². The lowest BCUT2D eigenvalue weighted by molar-refractivity contribution is 0.0197. The zero-order valence-corrected chi connectivity index (χ0v) is 16.2. The summed E-state index contributed by atoms with van der Waals surface area (Å²) in [6.07, 6.45) is 8.04. The van der Waals surface area contributed by atoms with E-state index >= 15 is 0 Å². The maximum absolute atomic E-state index is 12.4. The Balaban J connectivity index is 1.70. The Kier molecular flexibility index (Phi) is 5.40. The number of carbonyl (C=O) groups excluding carboxylic acids is 1. The molecule has 1 aromatic rings. The van der Waals surface area contributed by atoms with E-state index in [2.05, 4.69) is 17.1 Å². The Morgan fingerprint density at radius 3 is 2.88 bits per heavy atom. The van der Waals surface area contributed by atoms with Crippen LogP contribution in [0.5, 0.6) is 0 Å². The van der Waals surface area contributed by atoms with Crippen LogP contribution < -0.4 is 0 Å². The maximum Gasteiger partial charge on any atom is 0.410 e. The van der Waals surface area contributed by atoms with Gasteiger partial charge in [0.15, 0.2) is 0 Å². The summed E-state index contributed by atoms with van der Waals surface area (Å²) in [5.74, 6) is 1.13. The summed E-state index contributed by atoms with van der Waals surface area (Å²) in [5.41, 5.74) is 3.55. The van der Waals surface area contributed by atoms with E-state index in [9.17, 15) is 4.79 Å². The molecule has 25 heavy (non-hydrogen) atoms. The highest BCUT2D eigenvalue weighted by molar-refractivity contribution is 5.68. The molecule has 1 amide bonds. The first kappa shape index (κ1) is 18.3. The predicted molar refractivity (Wildman–Crippen MR) is 98.8 cm³/mol. The summed E-state index contributed by atoms with van der Waals surface area (Å²) < 4.78 is 5.56. The van der Waals surface area contributed by atoms with Crippen LogP contribution in [0.1, 0.15) is 82.7 Å². The van der Waals surface area contributed by atoms with Crippen molar-refractivity contribution < 1.29 is 9.53 Å². The molecule has 5 nitrogen and oxygen atoms in total. The van der Waals surface area contributed by atoms with Crippen LogP contribution in [0.3, 0.4) is 0 Å². The van der Waals surface area contributed by atoms with Crippen molar-refractivity contribution in [2.75, 3.05) is 13.1 Å². The number of aromatic amines is 1. The summed E-state index contributed by atoms with van der Waals surface area (Å²) in [6.45, 7) is 9.55. The first-order valence-electron chi connectivity index (χ1n) is 9.91. The highest BCUT2D eigenvalue weighted by atomic mass is 16.6. The van der Waals surface area contributed by atoms with Crippen LogP contribution in [0, 0.1) is 5.92 Å². The normalized spacial score (nSPS) is 24.1. The SMILES string of the molecule is CCCC1CCc2[nH]nc(C3CCCN(C(=O)OC(C)(C)C)C3)c2C1. The number of hydrogen-bond donors (Lipinski definition) is 1. The highest BCUT2D eigenvalue weighted by Crippen LogP contribution is 2.35. The molecule has 2 unspecified atom stereocenters. The lowest BCUT2D eigenvalue weighted by atomic mass is 9.81. The molecule has 3 rings (SSSR count). The van der Waals surface area contributed by atoms with Gasteiger partial charge in [-0.3, -0.25) is 5.10 Å². The molecule has 2 heterocycles. The molecule has 1 aliphatic heterocycles. The fourth-order valence-corrected chi connectivity index (χ4v) is 4.28. The van der Waals surface area contributed by atoms with E-state index in [4.69, 9.17) is 4.74 Å². The smallest absolute Gasteiger partial charge is 0.410 e. The number of aryl methyl sites for hydroxylation is 1. The Labute approximate surface area is 151 Å². The van der Waals surface area contributed by atoms with Crippen LogP contribution in [0.25, 0.3) is 0 Å². The molecule has 0 aromatic carbocycles. The maximum atomic E-state index is 12.4. The monoisotopic (exact) mass is 347 g/mol. The van der Waals surface area contributed by atoms with Crippen molar-refractivity contribution in [3.8, 4) is 0 Å². The van der Waals surface area contributed by atoms with E-state index in [1.165, 1.54) is 36.2 Å². The quantitative estimate of drug-likeness (QED) is 0.880. The molecule has 0 saturated carbocycles. The molecule has 0 spiro atoms. The van der Waals surface area contributed by atoms with Gasteiger partial charge in [0.1, 0.15) is 5.60 Å². The topological polar surface area (TPSA) is 58.2 Å². The van der Waals surface area contributed by atoms with Gasteiger partial charge < -0.3 is 9.64 Å². The number of aromatic nitrogens is 2. The molecule has 140 valence electrons. The van der Waals surface area contributed by atoms with E-state index in [0.717, 1.165) is 44.7 Å². The summed E-state index contributed by atoms with van der Waals surface area (Å²) in [4.78, 5) is 14.3. The van der Waals surface area contributed by atoms with Crippen molar-refractivity contribution in [2.45, 2.75) is 84.2 Å². The Morgan fingerprint density at radius 2 is 2.16 bits per heavy atom. The second-order valence-electron chi connectivity index (χ2n) is 8.73. The van der Waals surface area contributed by atoms with Gasteiger partial charge in [0.05, 0.1) is 5.69 Å². The number of carbonyl (C=O) groups is 1. The zero-order valence-electron chi connectivity index (χ0n) is 16.2. The second-order valence-corrected chi connectivity index (χ2v) is 8.73. The summed E-state index contributed by atoms with van der Waals surface area (Å²) in [5, 5.41) is 7.96. The minimum absolute atomic E-state index is 0.189. The summed E-state index contributed by atoms with van der Waals surface area (Å²) in [6, 6.07) is 0. The number of hydrogen-bond acceptors (Lipinski definition) is 3. The molecule has 1 aromatic heterocycles. The standard InChI is InChI=1S/C20H33N3O2/c1-5-7-14-9-10-17-16(12-14)18(22-21-17)15-8-6-11-23(13-15)19(24)25-20(2,3)4/h14-15H,5-13H2,1-4H3,(H,21,22). The number of fused-ring (bicyclic) bond motifs is 1. The lowest BCUT2D eigenvalue weighted by Gasteiger charge is -2.34. The summed E-state index contributed by atoms with van der Waals surface area (Å²) >= 11 is 0. The minimum Gasteiger partial charge on any atom is -0.444 e. The Bertz CT molecular complexity index is 603. The van der Waals surface area contributed by atoms with E-state index in [-0.39, 0.29) is 6.09 Å². The van der Waals surface area contributed by atoms with Gasteiger partial charge in [0.2, 0.25) is 0 Å². The molecule has 2 aliphatic rings. The highest BCUT2D eigenvalue weighted by Gasteiger charge is 2.32. The predicted octanol–water partition coefficient (Wildman–Crippen LogP) is 4.43. The van der Waals surface area contributed by atoms with E-state index < -0.39 is 5.60 Å². The van der Waals surface area contributed by atoms with E-state index in [0.29, 0.717) is 5.92 Å². The molecular weight excluding hydrogens is 314 g/mol. The number of piperidine rings is 1. The molecule has 1 N–H and O–H groups in total. The van der Waals surface area contributed by atoms with Crippen molar-refractivity contribution >= 4 is 6.09 Å². The third-order valence-electron chi connectivity index (χ3n) is 5.44. The second kappa shape index (κ2) is 7.38. The number of ether oxygens (including phenoxy) is 1. The van der Waals surface area contributed by atoms with Crippen LogP contribution in [-0.4, -0.2) is 39.9 Å². The first-order chi connectivity index (χ1) is 11.9. The van der Waals surface area contributed by atoms with Crippen LogP contribution in [0.4, 0.5) is 4.79 Å². The average Bonchev–Trinajstić information content (AvgIpc) is 2.97. The third-order valence-corrected chi connectivity index (χ3v) is 5.44. The number of nitrogens with zero attached hydrogens (tertiary/aromatic N) is 2. The molecule has 1 fully saturated rings. The van der Waals surface area contributed by atoms with Crippen molar-refractivity contribution in [2.24, 2.45) is 5.92 Å². The molecule has 0 radical (unpaired) electrons. The first-order valence-corrected chi connectivity index (χ1v) is 9.91. The van der Waals surface area contributed by atoms with Crippen LogP contribution in [0.15, 0.2) is 0 Å². The van der Waals surface area contributed by atoms with Gasteiger partial charge in [-0.2, -0.15) is 5.10 Å². The van der Waals surface area contributed by atoms with E-state index in [1.54, 1.807) is 0 Å². The van der Waals surface area contributed by atoms with Crippen molar-refractivity contribution in [3.05, 3.63) is 17.0 Å². The van der Waals surface area contributed by atoms with E-state index in [1.807, 2.05) is 25.7 Å². The van der Waals surface area contributed by atoms with Gasteiger partial charge in [-0.05, 0) is 64.4 Å². The zero-order chi connectivity index (χ0) is 18.0. The number of amides is 1. The molecule has 1 saturated heterocycles. The molecule has 1 aliphatic carbocycles. The molecule has 2 atom stereocenters. The van der Waals surface area contributed by atoms with Gasteiger partial charge in [-0.15, -0.1) is 0 Å². The van der Waals surface area contributed by atoms with Gasteiger partial charge in [0.25, 0.3) is 0 Å². The summed E-state index contributed by atoms with van der Waals surface area (Å²) in [7, 11) is 0. The number of likely N-dealkylation sites (tertiary alicyclic amines) is 1. The van der Waals surface area contributed by atoms with Crippen molar-refractivity contribution in [1.29, 1.82) is 0 Å².